The molecule has 0 unspecified atom stereocenters. The van der Waals surface area contributed by atoms with Crippen LogP contribution in [0, 0.1) is 18.6 Å². The van der Waals surface area contributed by atoms with Crippen molar-refractivity contribution in [2.75, 3.05) is 6.26 Å². The van der Waals surface area contributed by atoms with Crippen LogP contribution in [-0.2, 0) is 32.2 Å². The second kappa shape index (κ2) is 11.2. The Hall–Kier alpha value is -4.62. The lowest BCUT2D eigenvalue weighted by Crippen LogP contribution is -2.33. The van der Waals surface area contributed by atoms with Crippen molar-refractivity contribution in [1.82, 2.24) is 14.3 Å². The summed E-state index contributed by atoms with van der Waals surface area (Å²) < 4.78 is 83.4. The van der Waals surface area contributed by atoms with Crippen molar-refractivity contribution in [2.24, 2.45) is 0 Å². The van der Waals surface area contributed by atoms with Gasteiger partial charge < -0.3 is 9.55 Å². The van der Waals surface area contributed by atoms with Gasteiger partial charge in [0.15, 0.2) is 9.84 Å². The third-order valence-corrected chi connectivity index (χ3v) is 8.98. The van der Waals surface area contributed by atoms with Gasteiger partial charge in [0.2, 0.25) is 0 Å². The number of pyridine rings is 1. The Bertz CT molecular complexity index is 2190. The fourth-order valence-electron chi connectivity index (χ4n) is 4.90. The SMILES string of the molecule is Cc1cc2c(-c3ccc[nH]c3=O)c(C(=O)NS(=O)(=O)c3cccc(CS(C)(=O)=O)c3)n(Cc3ccccc3F)c2cc1F. The van der Waals surface area contributed by atoms with Gasteiger partial charge in [-0.05, 0) is 60.5 Å². The van der Waals surface area contributed by atoms with Gasteiger partial charge in [0.05, 0.1) is 22.7 Å². The van der Waals surface area contributed by atoms with Crippen molar-refractivity contribution in [3.05, 3.63) is 123 Å². The minimum Gasteiger partial charge on any atom is -0.331 e. The number of hydrogen-bond acceptors (Lipinski definition) is 6. The van der Waals surface area contributed by atoms with E-state index in [1.807, 2.05) is 4.72 Å². The second-order valence-corrected chi connectivity index (χ2v) is 13.9. The predicted molar refractivity (Wildman–Crippen MR) is 158 cm³/mol. The maximum Gasteiger partial charge on any atom is 0.282 e. The summed E-state index contributed by atoms with van der Waals surface area (Å²) in [5.41, 5.74) is -0.254. The van der Waals surface area contributed by atoms with E-state index in [1.54, 1.807) is 6.07 Å². The molecule has 0 saturated carbocycles. The van der Waals surface area contributed by atoms with Gasteiger partial charge in [-0.25, -0.2) is 30.3 Å². The van der Waals surface area contributed by atoms with E-state index in [1.165, 1.54) is 72.3 Å². The molecule has 2 aromatic heterocycles. The van der Waals surface area contributed by atoms with Crippen LogP contribution in [0.25, 0.3) is 22.0 Å². The lowest BCUT2D eigenvalue weighted by molar-refractivity contribution is 0.0974. The number of H-pyrrole nitrogens is 1. The van der Waals surface area contributed by atoms with Crippen molar-refractivity contribution < 1.29 is 30.4 Å². The Morgan fingerprint density at radius 2 is 1.67 bits per heavy atom. The molecule has 0 fully saturated rings. The zero-order valence-electron chi connectivity index (χ0n) is 22.9. The molecular formula is C30H25F2N3O6S2. The number of aryl methyl sites for hydroxylation is 1. The smallest absolute Gasteiger partial charge is 0.282 e. The quantitative estimate of drug-likeness (QED) is 0.264. The number of aromatic amines is 1. The van der Waals surface area contributed by atoms with E-state index < -0.39 is 48.7 Å². The molecule has 222 valence electrons. The third-order valence-electron chi connectivity index (χ3n) is 6.80. The predicted octanol–water partition coefficient (Wildman–Crippen LogP) is 4.29. The highest BCUT2D eigenvalue weighted by Gasteiger charge is 2.30. The Morgan fingerprint density at radius 3 is 2.37 bits per heavy atom. The van der Waals surface area contributed by atoms with E-state index in [2.05, 4.69) is 4.98 Å². The summed E-state index contributed by atoms with van der Waals surface area (Å²) in [6.45, 7) is 1.19. The fraction of sp³-hybridized carbons (Fsp3) is 0.133. The molecule has 0 saturated heterocycles. The largest absolute Gasteiger partial charge is 0.331 e. The van der Waals surface area contributed by atoms with Gasteiger partial charge in [-0.1, -0.05) is 30.3 Å². The molecule has 9 nitrogen and oxygen atoms in total. The summed E-state index contributed by atoms with van der Waals surface area (Å²) in [5, 5.41) is 0.268. The van der Waals surface area contributed by atoms with E-state index in [0.717, 1.165) is 18.4 Å². The monoisotopic (exact) mass is 625 g/mol. The average Bonchev–Trinajstić information content (AvgIpc) is 3.22. The Labute approximate surface area is 245 Å². The minimum absolute atomic E-state index is 0.00323. The number of hydrogen-bond donors (Lipinski definition) is 2. The molecule has 5 rings (SSSR count). The van der Waals surface area contributed by atoms with Gasteiger partial charge in [0, 0.05) is 34.5 Å². The number of nitrogens with zero attached hydrogens (tertiary/aromatic N) is 1. The normalized spacial score (nSPS) is 12.0. The summed E-state index contributed by atoms with van der Waals surface area (Å²) in [6, 6.07) is 16.3. The van der Waals surface area contributed by atoms with Crippen molar-refractivity contribution in [3.63, 3.8) is 0 Å². The van der Waals surface area contributed by atoms with E-state index in [0.29, 0.717) is 0 Å². The number of aromatic nitrogens is 2. The van der Waals surface area contributed by atoms with E-state index >= 15 is 0 Å². The Morgan fingerprint density at radius 1 is 0.930 bits per heavy atom. The van der Waals surface area contributed by atoms with Gasteiger partial charge in [-0.2, -0.15) is 0 Å². The number of halogens is 2. The molecule has 0 atom stereocenters. The first kappa shape index (κ1) is 29.9. The summed E-state index contributed by atoms with van der Waals surface area (Å²) in [5.74, 6) is -2.84. The summed E-state index contributed by atoms with van der Waals surface area (Å²) in [7, 11) is -8.07. The molecule has 0 aliphatic heterocycles. The summed E-state index contributed by atoms with van der Waals surface area (Å²) in [4.78, 5) is 29.1. The Balaban J connectivity index is 1.74. The number of amides is 1. The van der Waals surface area contributed by atoms with E-state index in [4.69, 9.17) is 0 Å². The van der Waals surface area contributed by atoms with Crippen LogP contribution in [0.3, 0.4) is 0 Å². The van der Waals surface area contributed by atoms with Crippen LogP contribution in [0.1, 0.15) is 27.2 Å². The third kappa shape index (κ3) is 6.13. The number of nitrogens with one attached hydrogen (secondary N) is 2. The van der Waals surface area contributed by atoms with Crippen molar-refractivity contribution in [1.29, 1.82) is 0 Å². The maximum absolute atomic E-state index is 14.9. The van der Waals surface area contributed by atoms with Gasteiger partial charge in [0.1, 0.15) is 17.3 Å². The van der Waals surface area contributed by atoms with Crippen molar-refractivity contribution >= 4 is 36.7 Å². The number of fused-ring (bicyclic) bond motifs is 1. The van der Waals surface area contributed by atoms with Crippen LogP contribution in [0.4, 0.5) is 8.78 Å². The van der Waals surface area contributed by atoms with Crippen LogP contribution < -0.4 is 10.3 Å². The van der Waals surface area contributed by atoms with Gasteiger partial charge in [0.25, 0.3) is 21.5 Å². The number of benzene rings is 3. The highest BCUT2D eigenvalue weighted by molar-refractivity contribution is 7.90. The lowest BCUT2D eigenvalue weighted by Gasteiger charge is -2.14. The second-order valence-electron chi connectivity index (χ2n) is 10.1. The molecule has 5 aromatic rings. The highest BCUT2D eigenvalue weighted by Crippen LogP contribution is 2.36. The first-order valence-corrected chi connectivity index (χ1v) is 16.4. The molecule has 3 aromatic carbocycles. The van der Waals surface area contributed by atoms with Crippen LogP contribution in [-0.4, -0.2) is 38.5 Å². The average molecular weight is 626 g/mol. The van der Waals surface area contributed by atoms with Crippen LogP contribution in [0.2, 0.25) is 0 Å². The summed E-state index contributed by atoms with van der Waals surface area (Å²) in [6.07, 6.45) is 2.38. The minimum atomic E-state index is -4.59. The number of rotatable bonds is 8. The molecule has 0 radical (unpaired) electrons. The molecule has 0 spiro atoms. The molecule has 2 heterocycles. The number of sulfone groups is 1. The molecule has 0 aliphatic rings. The molecule has 0 bridgehead atoms. The topological polar surface area (TPSA) is 135 Å². The van der Waals surface area contributed by atoms with Crippen molar-refractivity contribution in [2.45, 2.75) is 24.1 Å². The van der Waals surface area contributed by atoms with Crippen molar-refractivity contribution in [3.8, 4) is 11.1 Å². The van der Waals surface area contributed by atoms with Crippen LogP contribution in [0.15, 0.2) is 88.7 Å². The molecule has 43 heavy (non-hydrogen) atoms. The first-order chi connectivity index (χ1) is 20.2. The molecule has 13 heteroatoms. The molecule has 2 N–H and O–H groups in total. The first-order valence-electron chi connectivity index (χ1n) is 12.8. The van der Waals surface area contributed by atoms with Gasteiger partial charge in [-0.3, -0.25) is 9.59 Å². The maximum atomic E-state index is 14.9. The number of carbonyl (C=O) groups is 1. The zero-order chi connectivity index (χ0) is 31.1. The fourth-order valence-corrected chi connectivity index (χ4v) is 6.71. The lowest BCUT2D eigenvalue weighted by atomic mass is 10.0. The number of carbonyl (C=O) groups excluding carboxylic acids is 1. The molecular weight excluding hydrogens is 600 g/mol. The molecule has 1 amide bonds. The van der Waals surface area contributed by atoms with Crippen LogP contribution >= 0.6 is 0 Å². The van der Waals surface area contributed by atoms with E-state index in [9.17, 15) is 35.2 Å². The van der Waals surface area contributed by atoms with E-state index in [-0.39, 0.29) is 55.9 Å². The van der Waals surface area contributed by atoms with Gasteiger partial charge in [-0.15, -0.1) is 0 Å². The standard InChI is InChI=1S/C30H25F2N3O6S2/c1-18-13-23-26(15-25(18)32)35(16-20-8-3-4-11-24(20)31)28(27(23)22-10-6-12-33-29(22)36)30(37)34-43(40,41)21-9-5-7-19(14-21)17-42(2,38)39/h3-15H,16-17H2,1-2H3,(H,33,36)(H,34,37). The summed E-state index contributed by atoms with van der Waals surface area (Å²) >= 11 is 0. The zero-order valence-corrected chi connectivity index (χ0v) is 24.5. The van der Waals surface area contributed by atoms with Gasteiger partial charge >= 0.3 is 0 Å². The Kier molecular flexibility index (Phi) is 7.80. The number of sulfonamides is 1. The highest BCUT2D eigenvalue weighted by atomic mass is 32.2. The molecule has 0 aliphatic carbocycles. The van der Waals surface area contributed by atoms with Crippen LogP contribution in [0.5, 0.6) is 0 Å².